The lowest BCUT2D eigenvalue weighted by atomic mass is 9.94. The Balaban J connectivity index is 1.38. The summed E-state index contributed by atoms with van der Waals surface area (Å²) in [7, 11) is 0. The fraction of sp³-hybridized carbons (Fsp3) is 0.464. The molecule has 2 aliphatic carbocycles. The molecule has 1 unspecified atom stereocenters. The van der Waals surface area contributed by atoms with Gasteiger partial charge in [-0.25, -0.2) is 4.98 Å². The molecule has 5 rings (SSSR count). The van der Waals surface area contributed by atoms with Crippen molar-refractivity contribution < 1.29 is 4.74 Å². The molecule has 1 heterocycles. The SMILES string of the molecule is Cc1cc(-c2ncc(-c3cccc4c3CCC4NC3CCCCC3)s2)ccc1OC(C)C. The van der Waals surface area contributed by atoms with Crippen LogP contribution in [0.2, 0.25) is 0 Å². The van der Waals surface area contributed by atoms with Gasteiger partial charge in [0, 0.05) is 23.8 Å². The molecule has 2 aliphatic rings. The second kappa shape index (κ2) is 9.36. The van der Waals surface area contributed by atoms with Gasteiger partial charge in [0.15, 0.2) is 0 Å². The Hall–Kier alpha value is -2.17. The summed E-state index contributed by atoms with van der Waals surface area (Å²) in [4.78, 5) is 6.07. The van der Waals surface area contributed by atoms with Crippen LogP contribution in [-0.2, 0) is 6.42 Å². The number of rotatable bonds is 6. The highest BCUT2D eigenvalue weighted by atomic mass is 32.1. The molecule has 1 saturated carbocycles. The lowest BCUT2D eigenvalue weighted by molar-refractivity contribution is 0.241. The zero-order valence-electron chi connectivity index (χ0n) is 19.5. The first-order valence-electron chi connectivity index (χ1n) is 12.2. The van der Waals surface area contributed by atoms with Crippen molar-refractivity contribution in [2.24, 2.45) is 0 Å². The van der Waals surface area contributed by atoms with Crippen molar-refractivity contribution in [3.05, 3.63) is 59.3 Å². The van der Waals surface area contributed by atoms with Crippen molar-refractivity contribution in [1.82, 2.24) is 10.3 Å². The van der Waals surface area contributed by atoms with Gasteiger partial charge < -0.3 is 10.1 Å². The predicted molar refractivity (Wildman–Crippen MR) is 135 cm³/mol. The highest BCUT2D eigenvalue weighted by molar-refractivity contribution is 7.18. The number of thiazole rings is 1. The van der Waals surface area contributed by atoms with E-state index in [1.807, 2.05) is 0 Å². The lowest BCUT2D eigenvalue weighted by Gasteiger charge is -2.27. The number of fused-ring (bicyclic) bond motifs is 1. The van der Waals surface area contributed by atoms with Gasteiger partial charge in [-0.3, -0.25) is 0 Å². The topological polar surface area (TPSA) is 34.2 Å². The number of benzene rings is 2. The van der Waals surface area contributed by atoms with Gasteiger partial charge in [-0.1, -0.05) is 37.5 Å². The van der Waals surface area contributed by atoms with Crippen LogP contribution in [0.25, 0.3) is 21.0 Å². The van der Waals surface area contributed by atoms with Crippen molar-refractivity contribution in [2.45, 2.75) is 83.9 Å². The van der Waals surface area contributed by atoms with Crippen LogP contribution in [0.1, 0.15) is 75.1 Å². The molecule has 0 radical (unpaired) electrons. The smallest absolute Gasteiger partial charge is 0.123 e. The second-order valence-corrected chi connectivity index (χ2v) is 10.7. The van der Waals surface area contributed by atoms with E-state index < -0.39 is 0 Å². The molecule has 1 atom stereocenters. The standard InChI is InChI=1S/C28H34N2OS/c1-18(2)31-26-15-12-20(16-19(26)3)28-29-17-27(32-28)24-11-7-10-23-22(24)13-14-25(23)30-21-8-5-4-6-9-21/h7,10-12,15-18,21,25,30H,4-6,8-9,13-14H2,1-3H3. The predicted octanol–water partition coefficient (Wildman–Crippen LogP) is 7.48. The molecule has 168 valence electrons. The Morgan fingerprint density at radius 3 is 2.69 bits per heavy atom. The van der Waals surface area contributed by atoms with E-state index in [4.69, 9.17) is 9.72 Å². The molecule has 32 heavy (non-hydrogen) atoms. The first-order chi connectivity index (χ1) is 15.6. The van der Waals surface area contributed by atoms with Crippen LogP contribution in [0.15, 0.2) is 42.6 Å². The van der Waals surface area contributed by atoms with Gasteiger partial charge in [-0.05, 0) is 86.9 Å². The summed E-state index contributed by atoms with van der Waals surface area (Å²) in [5.41, 5.74) is 6.72. The molecule has 2 aromatic carbocycles. The highest BCUT2D eigenvalue weighted by Gasteiger charge is 2.27. The zero-order valence-corrected chi connectivity index (χ0v) is 20.3. The minimum atomic E-state index is 0.183. The zero-order chi connectivity index (χ0) is 22.1. The first-order valence-corrected chi connectivity index (χ1v) is 13.0. The van der Waals surface area contributed by atoms with Crippen LogP contribution >= 0.6 is 11.3 Å². The molecule has 1 N–H and O–H groups in total. The van der Waals surface area contributed by atoms with Crippen LogP contribution < -0.4 is 10.1 Å². The Morgan fingerprint density at radius 1 is 1.06 bits per heavy atom. The number of ether oxygens (including phenoxy) is 1. The molecule has 0 amide bonds. The number of hydrogen-bond donors (Lipinski definition) is 1. The molecule has 0 aliphatic heterocycles. The van der Waals surface area contributed by atoms with Crippen molar-refractivity contribution in [1.29, 1.82) is 0 Å². The average Bonchev–Trinajstić information content (AvgIpc) is 3.43. The number of aromatic nitrogens is 1. The minimum absolute atomic E-state index is 0.183. The normalized spacial score (nSPS) is 18.8. The first kappa shape index (κ1) is 21.7. The van der Waals surface area contributed by atoms with Crippen molar-refractivity contribution in [2.75, 3.05) is 0 Å². The van der Waals surface area contributed by atoms with Crippen LogP contribution in [0.5, 0.6) is 5.75 Å². The maximum Gasteiger partial charge on any atom is 0.123 e. The third kappa shape index (κ3) is 4.49. The monoisotopic (exact) mass is 446 g/mol. The van der Waals surface area contributed by atoms with Gasteiger partial charge in [-0.2, -0.15) is 0 Å². The third-order valence-corrected chi connectivity index (χ3v) is 7.95. The summed E-state index contributed by atoms with van der Waals surface area (Å²) in [5, 5.41) is 5.06. The van der Waals surface area contributed by atoms with E-state index in [0.717, 1.165) is 22.7 Å². The van der Waals surface area contributed by atoms with Crippen molar-refractivity contribution in [3.8, 4) is 26.8 Å². The fourth-order valence-electron chi connectivity index (χ4n) is 5.31. The van der Waals surface area contributed by atoms with Gasteiger partial charge in [0.1, 0.15) is 10.8 Å². The maximum absolute atomic E-state index is 5.90. The highest BCUT2D eigenvalue weighted by Crippen LogP contribution is 2.41. The summed E-state index contributed by atoms with van der Waals surface area (Å²) >= 11 is 1.80. The van der Waals surface area contributed by atoms with E-state index in [-0.39, 0.29) is 6.10 Å². The largest absolute Gasteiger partial charge is 0.491 e. The minimum Gasteiger partial charge on any atom is -0.491 e. The number of hydrogen-bond acceptors (Lipinski definition) is 4. The van der Waals surface area contributed by atoms with Gasteiger partial charge in [0.05, 0.1) is 11.0 Å². The van der Waals surface area contributed by atoms with Crippen molar-refractivity contribution in [3.63, 3.8) is 0 Å². The van der Waals surface area contributed by atoms with Gasteiger partial charge in [0.2, 0.25) is 0 Å². The summed E-state index contributed by atoms with van der Waals surface area (Å²) < 4.78 is 5.90. The van der Waals surface area contributed by atoms with E-state index in [1.165, 1.54) is 65.7 Å². The molecule has 0 bridgehead atoms. The molecule has 0 spiro atoms. The van der Waals surface area contributed by atoms with E-state index in [9.17, 15) is 0 Å². The maximum atomic E-state index is 5.90. The molecular formula is C28H34N2OS. The molecular weight excluding hydrogens is 412 g/mol. The van der Waals surface area contributed by atoms with Crippen LogP contribution in [-0.4, -0.2) is 17.1 Å². The number of nitrogens with zero attached hydrogens (tertiary/aromatic N) is 1. The molecule has 4 heteroatoms. The Kier molecular flexibility index (Phi) is 6.34. The van der Waals surface area contributed by atoms with Gasteiger partial charge in [-0.15, -0.1) is 11.3 Å². The van der Waals surface area contributed by atoms with Crippen LogP contribution in [0.3, 0.4) is 0 Å². The Bertz CT molecular complexity index is 1080. The Labute approximate surface area is 196 Å². The summed E-state index contributed by atoms with van der Waals surface area (Å²) in [6.45, 7) is 6.24. The molecule has 3 nitrogen and oxygen atoms in total. The number of nitrogens with one attached hydrogen (secondary N) is 1. The molecule has 3 aromatic rings. The van der Waals surface area contributed by atoms with E-state index in [1.54, 1.807) is 11.3 Å². The molecule has 1 fully saturated rings. The van der Waals surface area contributed by atoms with E-state index in [2.05, 4.69) is 68.7 Å². The summed E-state index contributed by atoms with van der Waals surface area (Å²) in [6.07, 6.45) is 11.5. The Morgan fingerprint density at radius 2 is 1.91 bits per heavy atom. The molecule has 1 aromatic heterocycles. The second-order valence-electron chi connectivity index (χ2n) is 9.64. The summed E-state index contributed by atoms with van der Waals surface area (Å²) in [5.74, 6) is 0.956. The average molecular weight is 447 g/mol. The van der Waals surface area contributed by atoms with Crippen molar-refractivity contribution >= 4 is 11.3 Å². The van der Waals surface area contributed by atoms with Gasteiger partial charge >= 0.3 is 0 Å². The van der Waals surface area contributed by atoms with Crippen LogP contribution in [0, 0.1) is 6.92 Å². The molecule has 0 saturated heterocycles. The fourth-order valence-corrected chi connectivity index (χ4v) is 6.28. The quantitative estimate of drug-likeness (QED) is 0.426. The number of aryl methyl sites for hydroxylation is 1. The summed E-state index contributed by atoms with van der Waals surface area (Å²) in [6, 6.07) is 14.5. The third-order valence-electron chi connectivity index (χ3n) is 6.87. The van der Waals surface area contributed by atoms with Gasteiger partial charge in [0.25, 0.3) is 0 Å². The lowest BCUT2D eigenvalue weighted by Crippen LogP contribution is -2.33. The van der Waals surface area contributed by atoms with E-state index >= 15 is 0 Å². The van der Waals surface area contributed by atoms with Crippen LogP contribution in [0.4, 0.5) is 0 Å². The van der Waals surface area contributed by atoms with E-state index in [0.29, 0.717) is 12.1 Å².